The Morgan fingerprint density at radius 3 is 2.65 bits per heavy atom. The molecule has 1 aromatic heterocycles. The molecule has 0 aromatic carbocycles. The van der Waals surface area contributed by atoms with E-state index in [1.807, 2.05) is 0 Å². The van der Waals surface area contributed by atoms with Crippen LogP contribution in [0.5, 0.6) is 0 Å². The van der Waals surface area contributed by atoms with E-state index in [0.29, 0.717) is 17.9 Å². The van der Waals surface area contributed by atoms with Gasteiger partial charge in [0.1, 0.15) is 24.5 Å². The summed E-state index contributed by atoms with van der Waals surface area (Å²) in [7, 11) is 0. The van der Waals surface area contributed by atoms with Crippen molar-refractivity contribution in [3.63, 3.8) is 0 Å². The molecule has 2 N–H and O–H groups in total. The average molecular weight is 362 g/mol. The molecule has 3 rings (SSSR count). The van der Waals surface area contributed by atoms with Gasteiger partial charge in [-0.2, -0.15) is 0 Å². The van der Waals surface area contributed by atoms with Gasteiger partial charge in [0.05, 0.1) is 17.9 Å². The molecule has 1 saturated carbocycles. The first-order valence-corrected chi connectivity index (χ1v) is 9.20. The van der Waals surface area contributed by atoms with Crippen molar-refractivity contribution in [3.8, 4) is 0 Å². The maximum atomic E-state index is 12.9. The minimum Gasteiger partial charge on any atom is -0.472 e. The number of carbonyl (C=O) groups excluding carboxylic acids is 3. The van der Waals surface area contributed by atoms with Gasteiger partial charge in [-0.05, 0) is 32.3 Å². The van der Waals surface area contributed by atoms with Crippen molar-refractivity contribution in [2.75, 3.05) is 6.61 Å². The van der Waals surface area contributed by atoms with Crippen LogP contribution in [0.3, 0.4) is 0 Å². The summed E-state index contributed by atoms with van der Waals surface area (Å²) < 4.78 is 10.3. The molecule has 3 unspecified atom stereocenters. The molecule has 1 aliphatic carbocycles. The zero-order chi connectivity index (χ0) is 18.7. The van der Waals surface area contributed by atoms with Crippen LogP contribution in [0.25, 0.3) is 0 Å². The van der Waals surface area contributed by atoms with Crippen LogP contribution in [0.2, 0.25) is 0 Å². The van der Waals surface area contributed by atoms with Gasteiger partial charge in [-0.3, -0.25) is 14.4 Å². The summed E-state index contributed by atoms with van der Waals surface area (Å²) in [6, 6.07) is 0.857. The third kappa shape index (κ3) is 3.82. The fourth-order valence-corrected chi connectivity index (χ4v) is 3.70. The van der Waals surface area contributed by atoms with Crippen molar-refractivity contribution in [1.82, 2.24) is 10.6 Å². The Hall–Kier alpha value is -2.15. The lowest BCUT2D eigenvalue weighted by molar-refractivity contribution is -0.131. The number of carbonyl (C=O) groups is 3. The molecule has 2 amide bonds. The van der Waals surface area contributed by atoms with E-state index in [9.17, 15) is 14.4 Å². The molecule has 2 aliphatic rings. The Labute approximate surface area is 152 Å². The normalized spacial score (nSPS) is 27.5. The molecule has 0 bridgehead atoms. The Kier molecular flexibility index (Phi) is 5.46. The van der Waals surface area contributed by atoms with Crippen LogP contribution < -0.4 is 10.6 Å². The van der Waals surface area contributed by atoms with Crippen LogP contribution >= 0.6 is 0 Å². The fraction of sp³-hybridized carbons (Fsp3) is 0.632. The number of nitrogens with one attached hydrogen (secondary N) is 2. The second-order valence-corrected chi connectivity index (χ2v) is 7.49. The molecule has 3 atom stereocenters. The van der Waals surface area contributed by atoms with Crippen LogP contribution in [0, 0.1) is 5.92 Å². The van der Waals surface area contributed by atoms with Gasteiger partial charge >= 0.3 is 0 Å². The Balaban J connectivity index is 1.72. The molecule has 1 aromatic rings. The van der Waals surface area contributed by atoms with E-state index in [2.05, 4.69) is 10.6 Å². The van der Waals surface area contributed by atoms with Crippen LogP contribution in [0.1, 0.15) is 56.3 Å². The first kappa shape index (κ1) is 18.6. The molecule has 0 spiro atoms. The molecular weight excluding hydrogens is 336 g/mol. The fourth-order valence-electron chi connectivity index (χ4n) is 3.70. The van der Waals surface area contributed by atoms with Crippen molar-refractivity contribution < 1.29 is 23.5 Å². The van der Waals surface area contributed by atoms with Gasteiger partial charge in [-0.25, -0.2) is 0 Å². The van der Waals surface area contributed by atoms with Crippen molar-refractivity contribution in [1.29, 1.82) is 0 Å². The van der Waals surface area contributed by atoms with Crippen LogP contribution in [-0.4, -0.2) is 41.9 Å². The van der Waals surface area contributed by atoms with E-state index in [0.717, 1.165) is 25.7 Å². The highest BCUT2D eigenvalue weighted by molar-refractivity contribution is 6.00. The Morgan fingerprint density at radius 1 is 1.35 bits per heavy atom. The molecule has 2 fully saturated rings. The predicted octanol–water partition coefficient (Wildman–Crippen LogP) is 1.82. The van der Waals surface area contributed by atoms with Crippen LogP contribution in [-0.2, 0) is 14.3 Å². The number of ketones is 1. The molecule has 2 heterocycles. The van der Waals surface area contributed by atoms with E-state index >= 15 is 0 Å². The number of ether oxygens (including phenoxy) is 1. The monoisotopic (exact) mass is 362 g/mol. The lowest BCUT2D eigenvalue weighted by Gasteiger charge is -2.30. The lowest BCUT2D eigenvalue weighted by atomic mass is 9.91. The second-order valence-electron chi connectivity index (χ2n) is 7.49. The van der Waals surface area contributed by atoms with E-state index in [-0.39, 0.29) is 24.2 Å². The number of furan rings is 1. The second kappa shape index (κ2) is 7.61. The molecular formula is C19H26N2O5. The van der Waals surface area contributed by atoms with Gasteiger partial charge in [0.25, 0.3) is 5.91 Å². The van der Waals surface area contributed by atoms with E-state index < -0.39 is 17.7 Å². The van der Waals surface area contributed by atoms with E-state index in [4.69, 9.17) is 9.15 Å². The molecule has 1 aliphatic heterocycles. The minimum atomic E-state index is -1.06. The average Bonchev–Trinajstić information content (AvgIpc) is 3.34. The third-order valence-electron chi connectivity index (χ3n) is 5.69. The van der Waals surface area contributed by atoms with Gasteiger partial charge in [-0.1, -0.05) is 25.7 Å². The number of hydrogen-bond acceptors (Lipinski definition) is 5. The third-order valence-corrected chi connectivity index (χ3v) is 5.69. The highest BCUT2D eigenvalue weighted by Crippen LogP contribution is 2.29. The van der Waals surface area contributed by atoms with Gasteiger partial charge in [-0.15, -0.1) is 0 Å². The van der Waals surface area contributed by atoms with E-state index in [1.165, 1.54) is 12.5 Å². The zero-order valence-corrected chi connectivity index (χ0v) is 15.2. The van der Waals surface area contributed by atoms with Crippen molar-refractivity contribution in [2.24, 2.45) is 5.92 Å². The highest BCUT2D eigenvalue weighted by atomic mass is 16.5. The molecule has 1 saturated heterocycles. The SMILES string of the molecule is CC1OCC(=O)C1(C)NC(=O)C(CC1CCCC1)NC(=O)c1ccoc1. The first-order valence-electron chi connectivity index (χ1n) is 9.20. The highest BCUT2D eigenvalue weighted by Gasteiger charge is 2.47. The number of Topliss-reactive ketones (excluding diaryl/α,β-unsaturated/α-hetero) is 1. The molecule has 26 heavy (non-hydrogen) atoms. The summed E-state index contributed by atoms with van der Waals surface area (Å²) in [5.74, 6) is -0.457. The maximum Gasteiger partial charge on any atom is 0.255 e. The summed E-state index contributed by atoms with van der Waals surface area (Å²) in [6.45, 7) is 3.43. The van der Waals surface area contributed by atoms with Gasteiger partial charge in [0, 0.05) is 0 Å². The molecule has 0 radical (unpaired) electrons. The first-order chi connectivity index (χ1) is 12.4. The van der Waals surface area contributed by atoms with Crippen LogP contribution in [0.15, 0.2) is 23.0 Å². The predicted molar refractivity (Wildman–Crippen MR) is 93.5 cm³/mol. The minimum absolute atomic E-state index is 0.00732. The Bertz CT molecular complexity index is 665. The van der Waals surface area contributed by atoms with Crippen molar-refractivity contribution >= 4 is 17.6 Å². The Morgan fingerprint density at radius 2 is 2.08 bits per heavy atom. The molecule has 142 valence electrons. The van der Waals surface area contributed by atoms with Crippen LogP contribution in [0.4, 0.5) is 0 Å². The maximum absolute atomic E-state index is 12.9. The van der Waals surface area contributed by atoms with Gasteiger partial charge in [0.2, 0.25) is 5.91 Å². The summed E-state index contributed by atoms with van der Waals surface area (Å²) >= 11 is 0. The number of amides is 2. The summed E-state index contributed by atoms with van der Waals surface area (Å²) in [6.07, 6.45) is 7.33. The van der Waals surface area contributed by atoms with Gasteiger partial charge in [0.15, 0.2) is 5.78 Å². The summed E-state index contributed by atoms with van der Waals surface area (Å²) in [4.78, 5) is 37.5. The molecule has 7 nitrogen and oxygen atoms in total. The number of hydrogen-bond donors (Lipinski definition) is 2. The lowest BCUT2D eigenvalue weighted by Crippen LogP contribution is -2.60. The molecule has 7 heteroatoms. The summed E-state index contributed by atoms with van der Waals surface area (Å²) in [5, 5.41) is 5.63. The number of rotatable bonds is 6. The van der Waals surface area contributed by atoms with Crippen molar-refractivity contribution in [3.05, 3.63) is 24.2 Å². The van der Waals surface area contributed by atoms with E-state index in [1.54, 1.807) is 19.9 Å². The van der Waals surface area contributed by atoms with Crippen molar-refractivity contribution in [2.45, 2.75) is 63.6 Å². The zero-order valence-electron chi connectivity index (χ0n) is 15.2. The topological polar surface area (TPSA) is 97.6 Å². The largest absolute Gasteiger partial charge is 0.472 e. The quantitative estimate of drug-likeness (QED) is 0.804. The summed E-state index contributed by atoms with van der Waals surface area (Å²) in [5.41, 5.74) is -0.695. The standard InChI is InChI=1S/C19H26N2O5/c1-12-19(2,16(22)11-26-12)21-18(24)15(9-13-5-3-4-6-13)20-17(23)14-7-8-25-10-14/h7-8,10,12-13,15H,3-6,9,11H2,1-2H3,(H,20,23)(H,21,24). The smallest absolute Gasteiger partial charge is 0.255 e. The van der Waals surface area contributed by atoms with Gasteiger partial charge < -0.3 is 19.8 Å².